The number of aromatic nitrogens is 3. The summed E-state index contributed by atoms with van der Waals surface area (Å²) < 4.78 is 11.1. The highest BCUT2D eigenvalue weighted by Gasteiger charge is 2.23. The van der Waals surface area contributed by atoms with E-state index < -0.39 is 0 Å². The summed E-state index contributed by atoms with van der Waals surface area (Å²) in [5.41, 5.74) is 5.20. The first-order valence-corrected chi connectivity index (χ1v) is 11.9. The normalized spacial score (nSPS) is 12.5. The third-order valence-corrected chi connectivity index (χ3v) is 6.43. The Balaban J connectivity index is 1.86. The van der Waals surface area contributed by atoms with Gasteiger partial charge in [-0.2, -0.15) is 0 Å². The number of para-hydroxylation sites is 2. The standard InChI is InChI=1S/C27H33N3O3/c1-5-11-21(16-25(31)33-7-3)30-23-14-9-8-13-22(23)29(27(30)32)18-20-17-28(6-2)24-15-10-12-19(4)26(20)24/h8-10,12-15,17,21H,5-7,11,16,18H2,1-4H3. The second kappa shape index (κ2) is 9.69. The fourth-order valence-electron chi connectivity index (χ4n) is 4.99. The Morgan fingerprint density at radius 3 is 2.42 bits per heavy atom. The van der Waals surface area contributed by atoms with Crippen LogP contribution in [-0.4, -0.2) is 26.3 Å². The minimum absolute atomic E-state index is 0.0788. The van der Waals surface area contributed by atoms with Crippen LogP contribution in [0.4, 0.5) is 0 Å². The number of carbonyl (C=O) groups is 1. The number of carbonyl (C=O) groups excluding carboxylic acids is 1. The summed E-state index contributed by atoms with van der Waals surface area (Å²) in [5, 5.41) is 1.21. The highest BCUT2D eigenvalue weighted by Crippen LogP contribution is 2.28. The molecule has 174 valence electrons. The molecule has 0 aliphatic heterocycles. The fraction of sp³-hybridized carbons (Fsp3) is 0.407. The van der Waals surface area contributed by atoms with E-state index in [2.05, 4.69) is 49.7 Å². The lowest BCUT2D eigenvalue weighted by Crippen LogP contribution is -2.29. The maximum Gasteiger partial charge on any atom is 0.329 e. The number of benzene rings is 2. The van der Waals surface area contributed by atoms with Crippen molar-refractivity contribution in [1.82, 2.24) is 13.7 Å². The van der Waals surface area contributed by atoms with E-state index in [1.54, 1.807) is 6.92 Å². The molecule has 6 heteroatoms. The van der Waals surface area contributed by atoms with Gasteiger partial charge in [-0.1, -0.05) is 37.6 Å². The SMILES string of the molecule is CCCC(CC(=O)OCC)n1c(=O)n(Cc2cn(CC)c3cccc(C)c23)c2ccccc21. The number of ether oxygens (including phenoxy) is 1. The summed E-state index contributed by atoms with van der Waals surface area (Å²) in [7, 11) is 0. The lowest BCUT2D eigenvalue weighted by atomic mass is 10.1. The number of aryl methyl sites for hydroxylation is 2. The van der Waals surface area contributed by atoms with Crippen molar-refractivity contribution in [2.75, 3.05) is 6.61 Å². The molecule has 4 rings (SSSR count). The van der Waals surface area contributed by atoms with E-state index in [0.29, 0.717) is 13.2 Å². The number of hydrogen-bond acceptors (Lipinski definition) is 3. The second-order valence-electron chi connectivity index (χ2n) is 8.59. The predicted octanol–water partition coefficient (Wildman–Crippen LogP) is 5.43. The minimum Gasteiger partial charge on any atom is -0.466 e. The Labute approximate surface area is 194 Å². The van der Waals surface area contributed by atoms with Crippen LogP contribution in [0, 0.1) is 6.92 Å². The molecule has 0 saturated heterocycles. The molecule has 0 fully saturated rings. The summed E-state index contributed by atoms with van der Waals surface area (Å²) in [4.78, 5) is 26.1. The zero-order valence-electron chi connectivity index (χ0n) is 20.0. The van der Waals surface area contributed by atoms with Crippen LogP contribution in [0.1, 0.15) is 57.2 Å². The van der Waals surface area contributed by atoms with Crippen molar-refractivity contribution >= 4 is 27.9 Å². The van der Waals surface area contributed by atoms with Gasteiger partial charge < -0.3 is 9.30 Å². The zero-order chi connectivity index (χ0) is 23.5. The largest absolute Gasteiger partial charge is 0.466 e. The predicted molar refractivity (Wildman–Crippen MR) is 133 cm³/mol. The summed E-state index contributed by atoms with van der Waals surface area (Å²) >= 11 is 0. The van der Waals surface area contributed by atoms with Crippen LogP contribution in [0.25, 0.3) is 21.9 Å². The van der Waals surface area contributed by atoms with Crippen molar-refractivity contribution in [3.8, 4) is 0 Å². The first kappa shape index (κ1) is 22.9. The van der Waals surface area contributed by atoms with E-state index in [9.17, 15) is 9.59 Å². The van der Waals surface area contributed by atoms with Crippen molar-refractivity contribution in [2.24, 2.45) is 0 Å². The van der Waals surface area contributed by atoms with E-state index in [1.807, 2.05) is 33.4 Å². The Hall–Kier alpha value is -3.28. The summed E-state index contributed by atoms with van der Waals surface area (Å²) in [6.45, 7) is 9.83. The third kappa shape index (κ3) is 4.22. The van der Waals surface area contributed by atoms with Gasteiger partial charge in [0, 0.05) is 29.7 Å². The number of fused-ring (bicyclic) bond motifs is 2. The van der Waals surface area contributed by atoms with Crippen LogP contribution in [-0.2, 0) is 22.6 Å². The fourth-order valence-corrected chi connectivity index (χ4v) is 4.99. The van der Waals surface area contributed by atoms with Crippen LogP contribution in [0.3, 0.4) is 0 Å². The molecule has 0 saturated carbocycles. The second-order valence-corrected chi connectivity index (χ2v) is 8.59. The summed E-state index contributed by atoms with van der Waals surface area (Å²) in [5.74, 6) is -0.263. The first-order valence-electron chi connectivity index (χ1n) is 11.9. The molecule has 2 aromatic carbocycles. The quantitative estimate of drug-likeness (QED) is 0.322. The summed E-state index contributed by atoms with van der Waals surface area (Å²) in [6, 6.07) is 14.0. The molecular formula is C27H33N3O3. The molecule has 1 unspecified atom stereocenters. The smallest absolute Gasteiger partial charge is 0.329 e. The van der Waals surface area contributed by atoms with Gasteiger partial charge in [-0.05, 0) is 56.5 Å². The third-order valence-electron chi connectivity index (χ3n) is 6.43. The van der Waals surface area contributed by atoms with Crippen LogP contribution >= 0.6 is 0 Å². The van der Waals surface area contributed by atoms with Gasteiger partial charge in [0.25, 0.3) is 0 Å². The number of hydrogen-bond donors (Lipinski definition) is 0. The minimum atomic E-state index is -0.263. The molecule has 0 radical (unpaired) electrons. The lowest BCUT2D eigenvalue weighted by Gasteiger charge is -2.17. The molecule has 2 aromatic heterocycles. The van der Waals surface area contributed by atoms with E-state index in [4.69, 9.17) is 4.74 Å². The molecule has 0 aliphatic rings. The molecule has 6 nitrogen and oxygen atoms in total. The maximum absolute atomic E-state index is 13.8. The highest BCUT2D eigenvalue weighted by molar-refractivity contribution is 5.87. The molecule has 0 bridgehead atoms. The molecule has 33 heavy (non-hydrogen) atoms. The average Bonchev–Trinajstić information content (AvgIpc) is 3.30. The van der Waals surface area contributed by atoms with Gasteiger partial charge in [-0.3, -0.25) is 13.9 Å². The van der Waals surface area contributed by atoms with Gasteiger partial charge in [0.2, 0.25) is 0 Å². The van der Waals surface area contributed by atoms with E-state index in [-0.39, 0.29) is 24.1 Å². The Kier molecular flexibility index (Phi) is 6.72. The number of rotatable bonds is 9. The molecular weight excluding hydrogens is 414 g/mol. The van der Waals surface area contributed by atoms with Gasteiger partial charge in [0.05, 0.1) is 30.6 Å². The van der Waals surface area contributed by atoms with Crippen LogP contribution in [0.2, 0.25) is 0 Å². The Morgan fingerprint density at radius 1 is 1.00 bits per heavy atom. The molecule has 0 N–H and O–H groups in total. The molecule has 1 atom stereocenters. The van der Waals surface area contributed by atoms with Crippen molar-refractivity contribution in [2.45, 2.75) is 66.1 Å². The maximum atomic E-state index is 13.8. The Morgan fingerprint density at radius 2 is 1.73 bits per heavy atom. The number of imidazole rings is 1. The van der Waals surface area contributed by atoms with Crippen LogP contribution < -0.4 is 5.69 Å². The molecule has 0 amide bonds. The van der Waals surface area contributed by atoms with Crippen molar-refractivity contribution in [1.29, 1.82) is 0 Å². The van der Waals surface area contributed by atoms with Gasteiger partial charge in [-0.15, -0.1) is 0 Å². The van der Waals surface area contributed by atoms with Crippen LogP contribution in [0.15, 0.2) is 53.5 Å². The highest BCUT2D eigenvalue weighted by atomic mass is 16.5. The van der Waals surface area contributed by atoms with Gasteiger partial charge in [0.15, 0.2) is 0 Å². The number of nitrogens with zero attached hydrogens (tertiary/aromatic N) is 3. The topological polar surface area (TPSA) is 58.2 Å². The van der Waals surface area contributed by atoms with Crippen molar-refractivity contribution in [3.63, 3.8) is 0 Å². The average molecular weight is 448 g/mol. The molecule has 4 aromatic rings. The lowest BCUT2D eigenvalue weighted by molar-refractivity contribution is -0.144. The van der Waals surface area contributed by atoms with E-state index >= 15 is 0 Å². The monoisotopic (exact) mass is 447 g/mol. The zero-order valence-corrected chi connectivity index (χ0v) is 20.0. The van der Waals surface area contributed by atoms with Gasteiger partial charge in [-0.25, -0.2) is 4.79 Å². The number of esters is 1. The van der Waals surface area contributed by atoms with Crippen molar-refractivity contribution in [3.05, 3.63) is 70.3 Å². The van der Waals surface area contributed by atoms with E-state index in [0.717, 1.165) is 36.0 Å². The summed E-state index contributed by atoms with van der Waals surface area (Å²) in [6.07, 6.45) is 3.97. The van der Waals surface area contributed by atoms with Crippen LogP contribution in [0.5, 0.6) is 0 Å². The molecule has 0 aliphatic carbocycles. The van der Waals surface area contributed by atoms with Gasteiger partial charge >= 0.3 is 11.7 Å². The first-order chi connectivity index (χ1) is 16.0. The Bertz CT molecular complexity index is 1340. The molecule has 2 heterocycles. The van der Waals surface area contributed by atoms with E-state index in [1.165, 1.54) is 16.5 Å². The molecule has 0 spiro atoms. The van der Waals surface area contributed by atoms with Gasteiger partial charge in [0.1, 0.15) is 0 Å². The van der Waals surface area contributed by atoms with Crippen molar-refractivity contribution < 1.29 is 9.53 Å².